The second-order valence-electron chi connectivity index (χ2n) is 4.29. The van der Waals surface area contributed by atoms with E-state index < -0.39 is 0 Å². The molecular formula is C12H21N3OS. The molecular weight excluding hydrogens is 234 g/mol. The minimum absolute atomic E-state index is 0.258. The summed E-state index contributed by atoms with van der Waals surface area (Å²) >= 11 is 1.97. The fourth-order valence-electron chi connectivity index (χ4n) is 2.16. The first kappa shape index (κ1) is 12.9. The third-order valence-corrected chi connectivity index (χ3v) is 4.01. The Morgan fingerprint density at radius 3 is 3.24 bits per heavy atom. The Kier molecular flexibility index (Phi) is 4.88. The van der Waals surface area contributed by atoms with E-state index in [9.17, 15) is 0 Å². The topological polar surface area (TPSA) is 39.1 Å². The number of nitrogens with one attached hydrogen (secondary N) is 1. The molecule has 1 aromatic heterocycles. The second kappa shape index (κ2) is 6.42. The molecule has 2 rings (SSSR count). The van der Waals surface area contributed by atoms with Gasteiger partial charge in [0.2, 0.25) is 0 Å². The summed E-state index contributed by atoms with van der Waals surface area (Å²) in [5, 5.41) is 7.74. The summed E-state index contributed by atoms with van der Waals surface area (Å²) in [6.45, 7) is 4.01. The zero-order valence-electron chi connectivity index (χ0n) is 10.6. The van der Waals surface area contributed by atoms with Gasteiger partial charge < -0.3 is 10.1 Å². The highest BCUT2D eigenvalue weighted by molar-refractivity contribution is 7.99. The molecule has 1 saturated heterocycles. The maximum Gasteiger partial charge on any atom is 0.0861 e. The molecule has 2 atom stereocenters. The van der Waals surface area contributed by atoms with Crippen LogP contribution in [0, 0.1) is 0 Å². The molecule has 1 aliphatic heterocycles. The third kappa shape index (κ3) is 3.24. The minimum Gasteiger partial charge on any atom is -0.375 e. The average Bonchev–Trinajstić information content (AvgIpc) is 2.81. The lowest BCUT2D eigenvalue weighted by atomic mass is 10.1. The Balaban J connectivity index is 2.04. The monoisotopic (exact) mass is 255 g/mol. The van der Waals surface area contributed by atoms with Crippen molar-refractivity contribution >= 4 is 11.8 Å². The van der Waals surface area contributed by atoms with E-state index in [2.05, 4.69) is 23.5 Å². The van der Waals surface area contributed by atoms with Crippen molar-refractivity contribution in [3.8, 4) is 0 Å². The SMILES string of the molecule is CCCn1cc(C(NC)C2CSCCO2)cn1. The van der Waals surface area contributed by atoms with Crippen molar-refractivity contribution < 1.29 is 4.74 Å². The summed E-state index contributed by atoms with van der Waals surface area (Å²) in [5.41, 5.74) is 1.23. The van der Waals surface area contributed by atoms with Crippen LogP contribution < -0.4 is 5.32 Å². The van der Waals surface area contributed by atoms with Gasteiger partial charge in [-0.2, -0.15) is 16.9 Å². The Morgan fingerprint density at radius 2 is 2.59 bits per heavy atom. The quantitative estimate of drug-likeness (QED) is 0.869. The normalized spacial score (nSPS) is 22.6. The van der Waals surface area contributed by atoms with Crippen LogP contribution in [0.5, 0.6) is 0 Å². The summed E-state index contributed by atoms with van der Waals surface area (Å²) in [5.74, 6) is 2.17. The Bertz CT molecular complexity index is 336. The van der Waals surface area contributed by atoms with Gasteiger partial charge in [-0.15, -0.1) is 0 Å². The Morgan fingerprint density at radius 1 is 1.71 bits per heavy atom. The fraction of sp³-hybridized carbons (Fsp3) is 0.750. The van der Waals surface area contributed by atoms with Crippen molar-refractivity contribution in [3.63, 3.8) is 0 Å². The predicted octanol–water partition coefficient (Wildman–Crippen LogP) is 1.69. The number of likely N-dealkylation sites (N-methyl/N-ethyl adjacent to an activating group) is 1. The zero-order chi connectivity index (χ0) is 12.1. The van der Waals surface area contributed by atoms with E-state index >= 15 is 0 Å². The molecule has 0 amide bonds. The van der Waals surface area contributed by atoms with Gasteiger partial charge in [0.1, 0.15) is 0 Å². The van der Waals surface area contributed by atoms with Crippen LogP contribution in [0.15, 0.2) is 12.4 Å². The lowest BCUT2D eigenvalue weighted by Crippen LogP contribution is -2.36. The highest BCUT2D eigenvalue weighted by Crippen LogP contribution is 2.25. The first-order valence-corrected chi connectivity index (χ1v) is 7.39. The molecule has 0 aliphatic carbocycles. The standard InChI is InChI=1S/C12H21N3OS/c1-3-4-15-8-10(7-14-15)12(13-2)11-9-17-6-5-16-11/h7-8,11-13H,3-6,9H2,1-2H3. The molecule has 1 aliphatic rings. The first-order chi connectivity index (χ1) is 8.35. The van der Waals surface area contributed by atoms with E-state index in [-0.39, 0.29) is 12.1 Å². The highest BCUT2D eigenvalue weighted by Gasteiger charge is 2.25. The summed E-state index contributed by atoms with van der Waals surface area (Å²) < 4.78 is 7.84. The summed E-state index contributed by atoms with van der Waals surface area (Å²) in [6.07, 6.45) is 5.46. The molecule has 0 saturated carbocycles. The molecule has 1 aromatic rings. The largest absolute Gasteiger partial charge is 0.375 e. The van der Waals surface area contributed by atoms with Crippen LogP contribution in [-0.2, 0) is 11.3 Å². The highest BCUT2D eigenvalue weighted by atomic mass is 32.2. The molecule has 17 heavy (non-hydrogen) atoms. The number of nitrogens with zero attached hydrogens (tertiary/aromatic N) is 2. The lowest BCUT2D eigenvalue weighted by Gasteiger charge is -2.29. The van der Waals surface area contributed by atoms with Crippen LogP contribution in [-0.4, -0.2) is 41.0 Å². The maximum absolute atomic E-state index is 5.83. The van der Waals surface area contributed by atoms with Crippen molar-refractivity contribution in [1.82, 2.24) is 15.1 Å². The van der Waals surface area contributed by atoms with E-state index in [0.29, 0.717) is 0 Å². The van der Waals surface area contributed by atoms with E-state index in [1.165, 1.54) is 5.56 Å². The van der Waals surface area contributed by atoms with Crippen molar-refractivity contribution in [2.24, 2.45) is 0 Å². The lowest BCUT2D eigenvalue weighted by molar-refractivity contribution is 0.0488. The molecule has 96 valence electrons. The Labute approximate surface area is 107 Å². The summed E-state index contributed by atoms with van der Waals surface area (Å²) in [6, 6.07) is 0.258. The van der Waals surface area contributed by atoms with Gasteiger partial charge in [-0.3, -0.25) is 4.68 Å². The van der Waals surface area contributed by atoms with Crippen LogP contribution in [0.25, 0.3) is 0 Å². The van der Waals surface area contributed by atoms with E-state index in [1.54, 1.807) is 0 Å². The Hall–Kier alpha value is -0.520. The zero-order valence-corrected chi connectivity index (χ0v) is 11.4. The molecule has 1 N–H and O–H groups in total. The van der Waals surface area contributed by atoms with Gasteiger partial charge >= 0.3 is 0 Å². The number of ether oxygens (including phenoxy) is 1. The van der Waals surface area contributed by atoms with Gasteiger partial charge in [0.05, 0.1) is 24.9 Å². The predicted molar refractivity (Wildman–Crippen MR) is 71.4 cm³/mol. The van der Waals surface area contributed by atoms with Gasteiger partial charge in [-0.05, 0) is 13.5 Å². The molecule has 5 heteroatoms. The van der Waals surface area contributed by atoms with Gasteiger partial charge in [-0.1, -0.05) is 6.92 Å². The van der Waals surface area contributed by atoms with E-state index in [1.807, 2.05) is 29.7 Å². The van der Waals surface area contributed by atoms with Crippen molar-refractivity contribution in [3.05, 3.63) is 18.0 Å². The summed E-state index contributed by atoms with van der Waals surface area (Å²) in [4.78, 5) is 0. The van der Waals surface area contributed by atoms with Crippen LogP contribution in [0.3, 0.4) is 0 Å². The fourth-order valence-corrected chi connectivity index (χ4v) is 3.06. The maximum atomic E-state index is 5.83. The minimum atomic E-state index is 0.258. The molecule has 1 fully saturated rings. The van der Waals surface area contributed by atoms with E-state index in [4.69, 9.17) is 4.74 Å². The van der Waals surface area contributed by atoms with E-state index in [0.717, 1.165) is 31.1 Å². The molecule has 0 aromatic carbocycles. The smallest absolute Gasteiger partial charge is 0.0861 e. The molecule has 2 heterocycles. The van der Waals surface area contributed by atoms with Gasteiger partial charge in [0.15, 0.2) is 0 Å². The van der Waals surface area contributed by atoms with Crippen LogP contribution in [0.1, 0.15) is 24.9 Å². The molecule has 2 unspecified atom stereocenters. The number of aryl methyl sites for hydroxylation is 1. The van der Waals surface area contributed by atoms with Crippen molar-refractivity contribution in [2.75, 3.05) is 25.2 Å². The molecule has 0 radical (unpaired) electrons. The van der Waals surface area contributed by atoms with Gasteiger partial charge in [-0.25, -0.2) is 0 Å². The third-order valence-electron chi connectivity index (χ3n) is 2.99. The van der Waals surface area contributed by atoms with Crippen LogP contribution in [0.4, 0.5) is 0 Å². The van der Waals surface area contributed by atoms with Crippen molar-refractivity contribution in [2.45, 2.75) is 32.0 Å². The number of hydrogen-bond acceptors (Lipinski definition) is 4. The number of aromatic nitrogens is 2. The second-order valence-corrected chi connectivity index (χ2v) is 5.44. The molecule has 0 bridgehead atoms. The molecule has 4 nitrogen and oxygen atoms in total. The average molecular weight is 255 g/mol. The van der Waals surface area contributed by atoms with Crippen LogP contribution >= 0.6 is 11.8 Å². The number of hydrogen-bond donors (Lipinski definition) is 1. The number of rotatable bonds is 5. The van der Waals surface area contributed by atoms with Crippen molar-refractivity contribution in [1.29, 1.82) is 0 Å². The first-order valence-electron chi connectivity index (χ1n) is 6.24. The van der Waals surface area contributed by atoms with Gasteiger partial charge in [0.25, 0.3) is 0 Å². The van der Waals surface area contributed by atoms with Gasteiger partial charge in [0, 0.05) is 29.8 Å². The number of thioether (sulfide) groups is 1. The van der Waals surface area contributed by atoms with Crippen LogP contribution in [0.2, 0.25) is 0 Å². The summed E-state index contributed by atoms with van der Waals surface area (Å²) in [7, 11) is 1.99. The molecule has 0 spiro atoms.